The van der Waals surface area contributed by atoms with Crippen molar-refractivity contribution in [2.24, 2.45) is 0 Å². The number of hydrogen-bond acceptors (Lipinski definition) is 6. The molecule has 0 saturated heterocycles. The van der Waals surface area contributed by atoms with Gasteiger partial charge in [0.25, 0.3) is 0 Å². The highest BCUT2D eigenvalue weighted by atomic mass is 35.5. The molecule has 2 aliphatic rings. The Morgan fingerprint density at radius 3 is 2.08 bits per heavy atom. The smallest absolute Gasteiger partial charge is 0.203 e. The molecular formula is C28H26Cl2N2O4. The molecule has 2 N–H and O–H groups in total. The lowest BCUT2D eigenvalue weighted by Crippen LogP contribution is -2.27. The first-order valence-electron chi connectivity index (χ1n) is 11.6. The summed E-state index contributed by atoms with van der Waals surface area (Å²) in [5, 5.41) is 8.07. The zero-order valence-corrected chi connectivity index (χ0v) is 21.7. The third-order valence-corrected chi connectivity index (χ3v) is 7.42. The Morgan fingerprint density at radius 2 is 1.47 bits per heavy atom. The lowest BCUT2D eigenvalue weighted by atomic mass is 9.78. The van der Waals surface area contributed by atoms with Crippen LogP contribution in [0.5, 0.6) is 17.2 Å². The molecule has 0 amide bonds. The number of ether oxygens (including phenoxy) is 3. The van der Waals surface area contributed by atoms with Gasteiger partial charge in [0.2, 0.25) is 5.75 Å². The van der Waals surface area contributed by atoms with E-state index in [4.69, 9.17) is 37.4 Å². The van der Waals surface area contributed by atoms with E-state index in [1.807, 2.05) is 36.4 Å². The second-order valence-corrected chi connectivity index (χ2v) is 9.58. The summed E-state index contributed by atoms with van der Waals surface area (Å²) in [7, 11) is 4.74. The Kier molecular flexibility index (Phi) is 6.73. The Bertz CT molecular complexity index is 1330. The number of carbonyl (C=O) groups is 1. The lowest BCUT2D eigenvalue weighted by molar-refractivity contribution is -0.116. The Labute approximate surface area is 220 Å². The number of nitrogens with one attached hydrogen (secondary N) is 2. The maximum atomic E-state index is 13.8. The molecular weight excluding hydrogens is 499 g/mol. The second-order valence-electron chi connectivity index (χ2n) is 8.76. The topological polar surface area (TPSA) is 68.8 Å². The van der Waals surface area contributed by atoms with Crippen molar-refractivity contribution in [3.63, 3.8) is 0 Å². The molecule has 0 bridgehead atoms. The number of carbonyl (C=O) groups excluding carboxylic acids is 1. The lowest BCUT2D eigenvalue weighted by Gasteiger charge is -2.31. The monoisotopic (exact) mass is 524 g/mol. The third kappa shape index (κ3) is 4.25. The van der Waals surface area contributed by atoms with Gasteiger partial charge in [0.1, 0.15) is 0 Å². The number of anilines is 2. The van der Waals surface area contributed by atoms with Crippen molar-refractivity contribution in [2.75, 3.05) is 32.0 Å². The first-order chi connectivity index (χ1) is 17.4. The highest BCUT2D eigenvalue weighted by molar-refractivity contribution is 6.36. The highest BCUT2D eigenvalue weighted by Crippen LogP contribution is 2.48. The van der Waals surface area contributed by atoms with Crippen molar-refractivity contribution in [1.82, 2.24) is 0 Å². The molecule has 1 aliphatic heterocycles. The molecule has 0 spiro atoms. The summed E-state index contributed by atoms with van der Waals surface area (Å²) in [6, 6.07) is 16.6. The zero-order chi connectivity index (χ0) is 25.4. The van der Waals surface area contributed by atoms with Gasteiger partial charge in [-0.25, -0.2) is 0 Å². The summed E-state index contributed by atoms with van der Waals surface area (Å²) < 4.78 is 16.6. The second kappa shape index (κ2) is 9.96. The molecule has 3 aromatic rings. The van der Waals surface area contributed by atoms with E-state index in [1.54, 1.807) is 39.5 Å². The Balaban J connectivity index is 1.63. The van der Waals surface area contributed by atoms with E-state index in [2.05, 4.69) is 10.6 Å². The molecule has 0 saturated carbocycles. The first kappa shape index (κ1) is 24.3. The van der Waals surface area contributed by atoms with Crippen LogP contribution in [0.2, 0.25) is 10.0 Å². The van der Waals surface area contributed by atoms with Crippen molar-refractivity contribution in [1.29, 1.82) is 0 Å². The largest absolute Gasteiger partial charge is 0.493 e. The number of hydrogen-bond donors (Lipinski definition) is 2. The van der Waals surface area contributed by atoms with Crippen LogP contribution in [-0.2, 0) is 4.79 Å². The first-order valence-corrected chi connectivity index (χ1v) is 12.3. The molecule has 8 heteroatoms. The van der Waals surface area contributed by atoms with Gasteiger partial charge in [0.05, 0.1) is 38.7 Å². The van der Waals surface area contributed by atoms with Crippen molar-refractivity contribution >= 4 is 40.4 Å². The van der Waals surface area contributed by atoms with E-state index in [0.29, 0.717) is 51.3 Å². The minimum Gasteiger partial charge on any atom is -0.493 e. The number of rotatable bonds is 5. The van der Waals surface area contributed by atoms with Gasteiger partial charge in [0, 0.05) is 33.3 Å². The van der Waals surface area contributed by atoms with Gasteiger partial charge in [-0.1, -0.05) is 41.4 Å². The molecule has 1 aliphatic carbocycles. The van der Waals surface area contributed by atoms with Crippen LogP contribution in [0.3, 0.4) is 0 Å². The van der Waals surface area contributed by atoms with Gasteiger partial charge in [0.15, 0.2) is 17.3 Å². The molecule has 0 aromatic heterocycles. The average Bonchev–Trinajstić information content (AvgIpc) is 3.04. The summed E-state index contributed by atoms with van der Waals surface area (Å²) in [4.78, 5) is 13.8. The molecule has 6 nitrogen and oxygen atoms in total. The molecule has 3 aromatic carbocycles. The minimum atomic E-state index is -0.495. The van der Waals surface area contributed by atoms with E-state index < -0.39 is 6.04 Å². The quantitative estimate of drug-likeness (QED) is 0.374. The number of allylic oxidation sites excluding steroid dienone is 1. The van der Waals surface area contributed by atoms with E-state index in [9.17, 15) is 4.79 Å². The minimum absolute atomic E-state index is 0.0174. The number of Topliss-reactive ketones (excluding diaryl/α,β-unsaturated/α-hetero) is 1. The van der Waals surface area contributed by atoms with E-state index in [1.165, 1.54) is 0 Å². The number of methoxy groups -OCH3 is 3. The normalized spacial score (nSPS) is 18.9. The summed E-state index contributed by atoms with van der Waals surface area (Å²) in [6.45, 7) is 0. The predicted octanol–water partition coefficient (Wildman–Crippen LogP) is 7.00. The predicted molar refractivity (Wildman–Crippen MR) is 143 cm³/mol. The molecule has 2 unspecified atom stereocenters. The van der Waals surface area contributed by atoms with E-state index in [-0.39, 0.29) is 11.7 Å². The fraction of sp³-hybridized carbons (Fsp3) is 0.250. The summed E-state index contributed by atoms with van der Waals surface area (Å²) in [6.07, 6.45) is 0.921. The van der Waals surface area contributed by atoms with Crippen LogP contribution in [0.25, 0.3) is 0 Å². The highest BCUT2D eigenvalue weighted by Gasteiger charge is 2.38. The van der Waals surface area contributed by atoms with Crippen LogP contribution in [0.4, 0.5) is 11.4 Å². The number of halogens is 2. The molecule has 1 heterocycles. The number of benzene rings is 3. The molecule has 36 heavy (non-hydrogen) atoms. The molecule has 5 rings (SSSR count). The van der Waals surface area contributed by atoms with Gasteiger partial charge >= 0.3 is 0 Å². The maximum Gasteiger partial charge on any atom is 0.203 e. The molecule has 186 valence electrons. The van der Waals surface area contributed by atoms with Crippen molar-refractivity contribution in [2.45, 2.75) is 24.8 Å². The third-order valence-electron chi connectivity index (χ3n) is 6.76. The molecule has 0 fully saturated rings. The van der Waals surface area contributed by atoms with Crippen molar-refractivity contribution in [3.05, 3.63) is 87.0 Å². The van der Waals surface area contributed by atoms with Gasteiger partial charge in [-0.2, -0.15) is 0 Å². The van der Waals surface area contributed by atoms with Crippen LogP contribution in [0.1, 0.15) is 35.9 Å². The fourth-order valence-electron chi connectivity index (χ4n) is 5.07. The average molecular weight is 525 g/mol. The van der Waals surface area contributed by atoms with Crippen LogP contribution in [0, 0.1) is 0 Å². The van der Waals surface area contributed by atoms with E-state index in [0.717, 1.165) is 22.6 Å². The fourth-order valence-corrected chi connectivity index (χ4v) is 5.68. The standard InChI is InChI=1S/C28H26Cl2N2O4/c1-34-23-13-16(14-24(35-2)28(23)36-3)15-11-21-26(22(33)12-15)27(25-17(29)7-6-8-18(25)30)32-20-10-5-4-9-19(20)31-21/h4-10,13-15,27,31-32H,11-12H2,1-3H3. The summed E-state index contributed by atoms with van der Waals surface area (Å²) >= 11 is 13.2. The maximum absolute atomic E-state index is 13.8. The SMILES string of the molecule is COc1cc(C2CC(=O)C3=C(C2)Nc2ccccc2NC3c2c(Cl)cccc2Cl)cc(OC)c1OC. The summed E-state index contributed by atoms with van der Waals surface area (Å²) in [5.41, 5.74) is 4.85. The van der Waals surface area contributed by atoms with Gasteiger partial charge in [-0.15, -0.1) is 0 Å². The Hall–Kier alpha value is -3.35. The molecule has 0 radical (unpaired) electrons. The van der Waals surface area contributed by atoms with Gasteiger partial charge in [-0.05, 0) is 54.3 Å². The Morgan fingerprint density at radius 1 is 0.833 bits per heavy atom. The van der Waals surface area contributed by atoms with E-state index >= 15 is 0 Å². The van der Waals surface area contributed by atoms with Crippen molar-refractivity contribution in [3.8, 4) is 17.2 Å². The van der Waals surface area contributed by atoms with Crippen molar-refractivity contribution < 1.29 is 19.0 Å². The zero-order valence-electron chi connectivity index (χ0n) is 20.2. The van der Waals surface area contributed by atoms with Crippen LogP contribution >= 0.6 is 23.2 Å². The van der Waals surface area contributed by atoms with Crippen LogP contribution in [0.15, 0.2) is 65.9 Å². The van der Waals surface area contributed by atoms with Gasteiger partial charge in [-0.3, -0.25) is 4.79 Å². The van der Waals surface area contributed by atoms with Crippen LogP contribution in [-0.4, -0.2) is 27.1 Å². The van der Waals surface area contributed by atoms with Crippen LogP contribution < -0.4 is 24.8 Å². The van der Waals surface area contributed by atoms with Gasteiger partial charge < -0.3 is 24.8 Å². The number of para-hydroxylation sites is 2. The number of ketones is 1. The molecule has 2 atom stereocenters. The summed E-state index contributed by atoms with van der Waals surface area (Å²) in [5.74, 6) is 1.56. The number of fused-ring (bicyclic) bond motifs is 1.